The highest BCUT2D eigenvalue weighted by atomic mass is 15.2. The first kappa shape index (κ1) is 15.3. The van der Waals surface area contributed by atoms with Crippen LogP contribution in [0.3, 0.4) is 0 Å². The molecule has 1 unspecified atom stereocenters. The van der Waals surface area contributed by atoms with Crippen LogP contribution >= 0.6 is 0 Å². The summed E-state index contributed by atoms with van der Waals surface area (Å²) in [5, 5.41) is 3.49. The molecule has 1 atom stereocenters. The topological polar surface area (TPSA) is 28.2 Å². The maximum absolute atomic E-state index is 4.64. The largest absolute Gasteiger partial charge is 0.356 e. The Morgan fingerprint density at radius 2 is 2.20 bits per heavy atom. The van der Waals surface area contributed by atoms with Crippen molar-refractivity contribution in [2.75, 3.05) is 24.5 Å². The van der Waals surface area contributed by atoms with Crippen LogP contribution < -0.4 is 10.2 Å². The zero-order valence-corrected chi connectivity index (χ0v) is 13.4. The molecule has 1 fully saturated rings. The second kappa shape index (κ2) is 6.57. The van der Waals surface area contributed by atoms with E-state index in [1.807, 2.05) is 12.3 Å². The summed E-state index contributed by atoms with van der Waals surface area (Å²) < 4.78 is 0. The van der Waals surface area contributed by atoms with Gasteiger partial charge in [-0.15, -0.1) is 0 Å². The third kappa shape index (κ3) is 3.72. The van der Waals surface area contributed by atoms with Gasteiger partial charge in [-0.25, -0.2) is 4.98 Å². The Morgan fingerprint density at radius 1 is 1.40 bits per heavy atom. The van der Waals surface area contributed by atoms with Gasteiger partial charge in [-0.05, 0) is 36.8 Å². The molecule has 20 heavy (non-hydrogen) atoms. The van der Waals surface area contributed by atoms with Gasteiger partial charge >= 0.3 is 0 Å². The van der Waals surface area contributed by atoms with Crippen LogP contribution in [0, 0.1) is 11.3 Å². The van der Waals surface area contributed by atoms with Gasteiger partial charge in [0.15, 0.2) is 0 Å². The molecule has 0 bridgehead atoms. The number of hydrogen-bond donors (Lipinski definition) is 1. The van der Waals surface area contributed by atoms with Crippen LogP contribution in [-0.4, -0.2) is 24.6 Å². The molecule has 0 aliphatic carbocycles. The van der Waals surface area contributed by atoms with Crippen LogP contribution in [0.15, 0.2) is 18.3 Å². The highest BCUT2D eigenvalue weighted by Crippen LogP contribution is 2.35. The molecular formula is C17H29N3. The summed E-state index contributed by atoms with van der Waals surface area (Å²) in [7, 11) is 0. The van der Waals surface area contributed by atoms with Crippen molar-refractivity contribution in [1.82, 2.24) is 10.3 Å². The van der Waals surface area contributed by atoms with E-state index in [9.17, 15) is 0 Å². The maximum atomic E-state index is 4.64. The highest BCUT2D eigenvalue weighted by Gasteiger charge is 2.32. The molecule has 1 N–H and O–H groups in total. The van der Waals surface area contributed by atoms with Gasteiger partial charge in [0, 0.05) is 31.4 Å². The predicted molar refractivity (Wildman–Crippen MR) is 86.0 cm³/mol. The summed E-state index contributed by atoms with van der Waals surface area (Å²) in [5.41, 5.74) is 1.72. The number of aromatic nitrogens is 1. The van der Waals surface area contributed by atoms with Crippen molar-refractivity contribution >= 4 is 5.82 Å². The van der Waals surface area contributed by atoms with Crippen LogP contribution in [-0.2, 0) is 6.54 Å². The standard InChI is InChI=1S/C17H29N3/c1-5-9-18-12-14-7-6-10-19-16(14)20-11-8-15(13-20)17(2,3)4/h6-7,10,15,18H,5,8-9,11-13H2,1-4H3. The minimum Gasteiger partial charge on any atom is -0.356 e. The molecule has 1 aromatic heterocycles. The summed E-state index contributed by atoms with van der Waals surface area (Å²) in [5.74, 6) is 1.95. The molecule has 1 aliphatic rings. The monoisotopic (exact) mass is 275 g/mol. The Hall–Kier alpha value is -1.09. The normalized spacial score (nSPS) is 19.6. The van der Waals surface area contributed by atoms with E-state index in [0.717, 1.165) is 32.1 Å². The number of nitrogens with one attached hydrogen (secondary N) is 1. The first-order valence-electron chi connectivity index (χ1n) is 7.92. The van der Waals surface area contributed by atoms with E-state index in [2.05, 4.69) is 49.0 Å². The fraction of sp³-hybridized carbons (Fsp3) is 0.706. The van der Waals surface area contributed by atoms with Crippen LogP contribution in [0.5, 0.6) is 0 Å². The molecule has 1 aliphatic heterocycles. The smallest absolute Gasteiger partial charge is 0.133 e. The summed E-state index contributed by atoms with van der Waals surface area (Å²) in [6.45, 7) is 13.5. The fourth-order valence-electron chi connectivity index (χ4n) is 2.91. The van der Waals surface area contributed by atoms with E-state index in [1.54, 1.807) is 0 Å². The van der Waals surface area contributed by atoms with Gasteiger partial charge in [0.05, 0.1) is 0 Å². The van der Waals surface area contributed by atoms with Gasteiger partial charge in [0.2, 0.25) is 0 Å². The molecule has 3 nitrogen and oxygen atoms in total. The first-order chi connectivity index (χ1) is 9.52. The minimum absolute atomic E-state index is 0.393. The second-order valence-corrected chi connectivity index (χ2v) is 6.96. The minimum atomic E-state index is 0.393. The SMILES string of the molecule is CCCNCc1cccnc1N1CCC(C(C)(C)C)C1. The maximum Gasteiger partial charge on any atom is 0.133 e. The number of anilines is 1. The summed E-state index contributed by atoms with van der Waals surface area (Å²) >= 11 is 0. The van der Waals surface area contributed by atoms with Crippen LogP contribution in [0.4, 0.5) is 5.82 Å². The van der Waals surface area contributed by atoms with Gasteiger partial charge < -0.3 is 10.2 Å². The lowest BCUT2D eigenvalue weighted by Gasteiger charge is -2.27. The van der Waals surface area contributed by atoms with Crippen LogP contribution in [0.25, 0.3) is 0 Å². The molecule has 3 heteroatoms. The summed E-state index contributed by atoms with van der Waals surface area (Å²) in [4.78, 5) is 7.11. The zero-order valence-electron chi connectivity index (χ0n) is 13.4. The van der Waals surface area contributed by atoms with E-state index in [4.69, 9.17) is 0 Å². The van der Waals surface area contributed by atoms with Crippen molar-refractivity contribution in [3.63, 3.8) is 0 Å². The first-order valence-corrected chi connectivity index (χ1v) is 7.92. The van der Waals surface area contributed by atoms with Crippen LogP contribution in [0.1, 0.15) is 46.1 Å². The second-order valence-electron chi connectivity index (χ2n) is 6.96. The fourth-order valence-corrected chi connectivity index (χ4v) is 2.91. The van der Waals surface area contributed by atoms with Gasteiger partial charge in [-0.2, -0.15) is 0 Å². The molecule has 0 spiro atoms. The summed E-state index contributed by atoms with van der Waals surface area (Å²) in [6, 6.07) is 4.25. The van der Waals surface area contributed by atoms with E-state index in [-0.39, 0.29) is 0 Å². The molecule has 0 amide bonds. The van der Waals surface area contributed by atoms with Crippen molar-refractivity contribution in [3.05, 3.63) is 23.9 Å². The molecule has 0 saturated carbocycles. The van der Waals surface area contributed by atoms with Gasteiger partial charge in [-0.3, -0.25) is 0 Å². The Labute approximate surface area is 123 Å². The third-order valence-corrected chi connectivity index (χ3v) is 4.32. The molecule has 1 aromatic rings. The molecule has 1 saturated heterocycles. The predicted octanol–water partition coefficient (Wildman–Crippen LogP) is 3.45. The average molecular weight is 275 g/mol. The van der Waals surface area contributed by atoms with E-state index < -0.39 is 0 Å². The Morgan fingerprint density at radius 3 is 2.85 bits per heavy atom. The van der Waals surface area contributed by atoms with Crippen molar-refractivity contribution in [2.24, 2.45) is 11.3 Å². The lowest BCUT2D eigenvalue weighted by atomic mass is 9.80. The van der Waals surface area contributed by atoms with Crippen LogP contribution in [0.2, 0.25) is 0 Å². The Bertz CT molecular complexity index is 422. The lowest BCUT2D eigenvalue weighted by Crippen LogP contribution is -2.27. The van der Waals surface area contributed by atoms with Gasteiger partial charge in [-0.1, -0.05) is 33.8 Å². The number of pyridine rings is 1. The third-order valence-electron chi connectivity index (χ3n) is 4.32. The summed E-state index contributed by atoms with van der Waals surface area (Å²) in [6.07, 6.45) is 4.37. The molecule has 2 heterocycles. The van der Waals surface area contributed by atoms with Gasteiger partial charge in [0.25, 0.3) is 0 Å². The van der Waals surface area contributed by atoms with E-state index in [0.29, 0.717) is 5.41 Å². The van der Waals surface area contributed by atoms with Crippen molar-refractivity contribution in [1.29, 1.82) is 0 Å². The zero-order chi connectivity index (χ0) is 14.6. The van der Waals surface area contributed by atoms with Gasteiger partial charge in [0.1, 0.15) is 5.82 Å². The average Bonchev–Trinajstić information content (AvgIpc) is 2.89. The van der Waals surface area contributed by atoms with Crippen molar-refractivity contribution in [2.45, 2.75) is 47.1 Å². The number of rotatable bonds is 5. The highest BCUT2D eigenvalue weighted by molar-refractivity contribution is 5.47. The van der Waals surface area contributed by atoms with Crippen molar-refractivity contribution < 1.29 is 0 Å². The van der Waals surface area contributed by atoms with Crippen molar-refractivity contribution in [3.8, 4) is 0 Å². The molecular weight excluding hydrogens is 246 g/mol. The number of nitrogens with zero attached hydrogens (tertiary/aromatic N) is 2. The number of hydrogen-bond acceptors (Lipinski definition) is 3. The Kier molecular flexibility index (Phi) is 5.03. The lowest BCUT2D eigenvalue weighted by molar-refractivity contribution is 0.263. The quantitative estimate of drug-likeness (QED) is 0.834. The molecule has 112 valence electrons. The molecule has 0 radical (unpaired) electrons. The van der Waals surface area contributed by atoms with E-state index in [1.165, 1.54) is 24.2 Å². The Balaban J connectivity index is 2.06. The molecule has 2 rings (SSSR count). The molecule has 0 aromatic carbocycles. The van der Waals surface area contributed by atoms with E-state index >= 15 is 0 Å².